The van der Waals surface area contributed by atoms with E-state index in [2.05, 4.69) is 39.1 Å². The van der Waals surface area contributed by atoms with E-state index in [4.69, 9.17) is 0 Å². The van der Waals surface area contributed by atoms with Crippen molar-refractivity contribution in [3.8, 4) is 0 Å². The van der Waals surface area contributed by atoms with E-state index in [1.54, 1.807) is 0 Å². The highest BCUT2D eigenvalue weighted by Crippen LogP contribution is 2.48. The molecule has 0 aromatic heterocycles. The Balaban J connectivity index is 2.22. The SMILES string of the molecule is CCCN(CCC)C(=O)C1(C(=O)Nc2c(C)cccc2C(C)C)CC1. The summed E-state index contributed by atoms with van der Waals surface area (Å²) in [5, 5.41) is 3.10. The highest BCUT2D eigenvalue weighted by Gasteiger charge is 2.58. The van der Waals surface area contributed by atoms with E-state index in [1.807, 2.05) is 24.0 Å². The topological polar surface area (TPSA) is 49.4 Å². The van der Waals surface area contributed by atoms with Gasteiger partial charge in [0.15, 0.2) is 0 Å². The second kappa shape index (κ2) is 8.03. The molecule has 1 saturated carbocycles. The largest absolute Gasteiger partial charge is 0.342 e. The Morgan fingerprint density at radius 2 is 1.76 bits per heavy atom. The number of aryl methyl sites for hydroxylation is 1. The van der Waals surface area contributed by atoms with Crippen molar-refractivity contribution in [2.24, 2.45) is 5.41 Å². The average Bonchev–Trinajstić information content (AvgIpc) is 3.37. The molecule has 25 heavy (non-hydrogen) atoms. The van der Waals surface area contributed by atoms with Gasteiger partial charge in [-0.2, -0.15) is 0 Å². The lowest BCUT2D eigenvalue weighted by Crippen LogP contribution is -2.43. The highest BCUT2D eigenvalue weighted by atomic mass is 16.2. The van der Waals surface area contributed by atoms with Crippen LogP contribution in [0.3, 0.4) is 0 Å². The summed E-state index contributed by atoms with van der Waals surface area (Å²) in [5.41, 5.74) is 2.19. The van der Waals surface area contributed by atoms with Crippen LogP contribution in [0.1, 0.15) is 70.4 Å². The second-order valence-electron chi connectivity index (χ2n) is 7.52. The molecule has 1 fully saturated rings. The summed E-state index contributed by atoms with van der Waals surface area (Å²) in [6.45, 7) is 11.8. The normalized spacial score (nSPS) is 15.1. The second-order valence-corrected chi connectivity index (χ2v) is 7.52. The molecule has 1 aliphatic rings. The van der Waals surface area contributed by atoms with Gasteiger partial charge >= 0.3 is 0 Å². The lowest BCUT2D eigenvalue weighted by atomic mass is 9.96. The smallest absolute Gasteiger partial charge is 0.240 e. The van der Waals surface area contributed by atoms with Crippen molar-refractivity contribution >= 4 is 17.5 Å². The van der Waals surface area contributed by atoms with Crippen molar-refractivity contribution in [2.45, 2.75) is 66.2 Å². The molecule has 0 saturated heterocycles. The van der Waals surface area contributed by atoms with Crippen LogP contribution in [0.2, 0.25) is 0 Å². The molecule has 0 spiro atoms. The summed E-state index contributed by atoms with van der Waals surface area (Å²) in [6, 6.07) is 6.07. The van der Waals surface area contributed by atoms with Crippen molar-refractivity contribution in [2.75, 3.05) is 18.4 Å². The Kier molecular flexibility index (Phi) is 6.26. The lowest BCUT2D eigenvalue weighted by Gasteiger charge is -2.27. The van der Waals surface area contributed by atoms with Gasteiger partial charge in [-0.15, -0.1) is 0 Å². The lowest BCUT2D eigenvalue weighted by molar-refractivity contribution is -0.142. The maximum atomic E-state index is 13.0. The van der Waals surface area contributed by atoms with Gasteiger partial charge in [0.25, 0.3) is 0 Å². The van der Waals surface area contributed by atoms with Gasteiger partial charge in [-0.25, -0.2) is 0 Å². The van der Waals surface area contributed by atoms with Crippen LogP contribution < -0.4 is 5.32 Å². The number of amides is 2. The number of hydrogen-bond donors (Lipinski definition) is 1. The predicted molar refractivity (Wildman–Crippen MR) is 103 cm³/mol. The maximum absolute atomic E-state index is 13.0. The molecule has 1 aliphatic carbocycles. The molecular weight excluding hydrogens is 312 g/mol. The molecule has 138 valence electrons. The van der Waals surface area contributed by atoms with E-state index < -0.39 is 5.41 Å². The molecule has 4 nitrogen and oxygen atoms in total. The Labute approximate surface area is 152 Å². The fourth-order valence-corrected chi connectivity index (χ4v) is 3.40. The molecule has 2 amide bonds. The molecule has 1 aromatic carbocycles. The first-order chi connectivity index (χ1) is 11.9. The molecular formula is C21H32N2O2. The number of nitrogens with zero attached hydrogens (tertiary/aromatic N) is 1. The first-order valence-corrected chi connectivity index (χ1v) is 9.57. The number of rotatable bonds is 8. The van der Waals surface area contributed by atoms with Gasteiger partial charge in [0.05, 0.1) is 0 Å². The van der Waals surface area contributed by atoms with Gasteiger partial charge in [-0.1, -0.05) is 45.9 Å². The summed E-state index contributed by atoms with van der Waals surface area (Å²) in [6.07, 6.45) is 3.15. The molecule has 0 atom stereocenters. The Bertz CT molecular complexity index is 627. The zero-order valence-corrected chi connectivity index (χ0v) is 16.3. The van der Waals surface area contributed by atoms with Crippen LogP contribution in [0, 0.1) is 12.3 Å². The number of nitrogens with one attached hydrogen (secondary N) is 1. The molecule has 1 aromatic rings. The zero-order chi connectivity index (χ0) is 18.6. The van der Waals surface area contributed by atoms with Gasteiger partial charge in [0.2, 0.25) is 11.8 Å². The summed E-state index contributed by atoms with van der Waals surface area (Å²) >= 11 is 0. The van der Waals surface area contributed by atoms with Crippen molar-refractivity contribution in [1.29, 1.82) is 0 Å². The number of carbonyl (C=O) groups excluding carboxylic acids is 2. The molecule has 2 rings (SSSR count). The first kappa shape index (κ1) is 19.5. The number of hydrogen-bond acceptors (Lipinski definition) is 2. The minimum Gasteiger partial charge on any atom is -0.342 e. The van der Waals surface area contributed by atoms with Crippen LogP contribution >= 0.6 is 0 Å². The van der Waals surface area contributed by atoms with Crippen molar-refractivity contribution < 1.29 is 9.59 Å². The summed E-state index contributed by atoms with van der Waals surface area (Å²) in [5.74, 6) is 0.192. The minimum atomic E-state index is -0.846. The third kappa shape index (κ3) is 4.05. The Hall–Kier alpha value is -1.84. The fourth-order valence-electron chi connectivity index (χ4n) is 3.40. The molecule has 4 heteroatoms. The third-order valence-corrected chi connectivity index (χ3v) is 5.03. The van der Waals surface area contributed by atoms with Gasteiger partial charge in [-0.3, -0.25) is 9.59 Å². The number of anilines is 1. The monoisotopic (exact) mass is 344 g/mol. The Morgan fingerprint density at radius 3 is 2.24 bits per heavy atom. The third-order valence-electron chi connectivity index (χ3n) is 5.03. The average molecular weight is 344 g/mol. The van der Waals surface area contributed by atoms with E-state index in [9.17, 15) is 9.59 Å². The van der Waals surface area contributed by atoms with E-state index in [-0.39, 0.29) is 11.8 Å². The minimum absolute atomic E-state index is 0.00776. The summed E-state index contributed by atoms with van der Waals surface area (Å²) < 4.78 is 0. The van der Waals surface area contributed by atoms with Crippen LogP contribution in [0.25, 0.3) is 0 Å². The van der Waals surface area contributed by atoms with Crippen LogP contribution in [-0.2, 0) is 9.59 Å². The van der Waals surface area contributed by atoms with Crippen LogP contribution in [0.4, 0.5) is 5.69 Å². The summed E-state index contributed by atoms with van der Waals surface area (Å²) in [7, 11) is 0. The van der Waals surface area contributed by atoms with Crippen molar-refractivity contribution in [3.05, 3.63) is 29.3 Å². The molecule has 0 radical (unpaired) electrons. The fraction of sp³-hybridized carbons (Fsp3) is 0.619. The first-order valence-electron chi connectivity index (χ1n) is 9.57. The molecule has 0 bridgehead atoms. The van der Waals surface area contributed by atoms with Gasteiger partial charge in [0.1, 0.15) is 5.41 Å². The van der Waals surface area contributed by atoms with Gasteiger partial charge < -0.3 is 10.2 Å². The maximum Gasteiger partial charge on any atom is 0.240 e. The molecule has 0 aliphatic heterocycles. The van der Waals surface area contributed by atoms with E-state index >= 15 is 0 Å². The van der Waals surface area contributed by atoms with Crippen LogP contribution in [-0.4, -0.2) is 29.8 Å². The molecule has 1 N–H and O–H groups in total. The highest BCUT2D eigenvalue weighted by molar-refractivity contribution is 6.13. The van der Waals surface area contributed by atoms with E-state index in [1.165, 1.54) is 0 Å². The Morgan fingerprint density at radius 1 is 1.16 bits per heavy atom. The van der Waals surface area contributed by atoms with E-state index in [0.29, 0.717) is 18.8 Å². The number of para-hydroxylation sites is 1. The zero-order valence-electron chi connectivity index (χ0n) is 16.3. The predicted octanol–water partition coefficient (Wildman–Crippen LogP) is 4.49. The number of benzene rings is 1. The van der Waals surface area contributed by atoms with Gasteiger partial charge in [-0.05, 0) is 49.7 Å². The van der Waals surface area contributed by atoms with Gasteiger partial charge in [0, 0.05) is 18.8 Å². The molecule has 0 unspecified atom stereocenters. The summed E-state index contributed by atoms with van der Waals surface area (Å²) in [4.78, 5) is 27.9. The van der Waals surface area contributed by atoms with Crippen molar-refractivity contribution in [1.82, 2.24) is 4.90 Å². The quantitative estimate of drug-likeness (QED) is 0.707. The van der Waals surface area contributed by atoms with Crippen molar-refractivity contribution in [3.63, 3.8) is 0 Å². The van der Waals surface area contributed by atoms with Crippen LogP contribution in [0.5, 0.6) is 0 Å². The molecule has 0 heterocycles. The number of carbonyl (C=O) groups is 2. The standard InChI is InChI=1S/C21H32N2O2/c1-6-13-23(14-7-2)20(25)21(11-12-21)19(24)22-18-16(5)9-8-10-17(18)15(3)4/h8-10,15H,6-7,11-14H2,1-5H3,(H,22,24). The van der Waals surface area contributed by atoms with Crippen LogP contribution in [0.15, 0.2) is 18.2 Å². The van der Waals surface area contributed by atoms with E-state index in [0.717, 1.165) is 42.7 Å².